The van der Waals surface area contributed by atoms with Crippen LogP contribution in [0.4, 0.5) is 0 Å². The van der Waals surface area contributed by atoms with Crippen LogP contribution in [0, 0.1) is 13.0 Å². The number of pyridine rings is 1. The van der Waals surface area contributed by atoms with Crippen molar-refractivity contribution < 1.29 is 37.1 Å². The van der Waals surface area contributed by atoms with Crippen LogP contribution in [0.2, 0.25) is 0 Å². The van der Waals surface area contributed by atoms with Crippen molar-refractivity contribution in [2.24, 2.45) is 0 Å². The fraction of sp³-hybridized carbons (Fsp3) is 0.333. The summed E-state index contributed by atoms with van der Waals surface area (Å²) in [6, 6.07) is 27.2. The molecule has 4 nitrogen and oxygen atoms in total. The van der Waals surface area contributed by atoms with E-state index in [1.165, 1.54) is 11.1 Å². The van der Waals surface area contributed by atoms with Gasteiger partial charge in [0, 0.05) is 38.5 Å². The summed E-state index contributed by atoms with van der Waals surface area (Å²) < 4.78 is 71.9. The largest absolute Gasteiger partial charge is 0.507 e. The normalized spacial score (nSPS) is 14.3. The number of hydrogen-bond donors (Lipinski definition) is 1. The molecule has 8 rings (SSSR count). The van der Waals surface area contributed by atoms with Gasteiger partial charge in [-0.2, -0.15) is 0 Å². The van der Waals surface area contributed by atoms with Crippen molar-refractivity contribution in [1.82, 2.24) is 14.5 Å². The quantitative estimate of drug-likeness (QED) is 0.169. The van der Waals surface area contributed by atoms with Gasteiger partial charge in [-0.3, -0.25) is 9.55 Å². The molecule has 0 spiro atoms. The van der Waals surface area contributed by atoms with E-state index in [1.807, 2.05) is 30.3 Å². The molecule has 0 saturated heterocycles. The third kappa shape index (κ3) is 10.1. The van der Waals surface area contributed by atoms with E-state index in [0.29, 0.717) is 33.6 Å². The maximum atomic E-state index is 12.6. The maximum absolute atomic E-state index is 12.6. The predicted molar refractivity (Wildman–Crippen MR) is 285 cm³/mol. The van der Waals surface area contributed by atoms with E-state index in [1.54, 1.807) is 0 Å². The predicted octanol–water partition coefficient (Wildman–Crippen LogP) is 17.1. The molecule has 0 unspecified atom stereocenters. The monoisotopic (exact) mass is 1090 g/mol. The number of phenolic OH excluding ortho intramolecular Hbond substituents is 1. The first-order valence-corrected chi connectivity index (χ1v) is 23.3. The Labute approximate surface area is 432 Å². The Kier molecular flexibility index (Phi) is 10.7. The number of rotatable bonds is 6. The van der Waals surface area contributed by atoms with Crippen LogP contribution in [0.1, 0.15) is 148 Å². The van der Waals surface area contributed by atoms with Gasteiger partial charge in [-0.25, -0.2) is 4.98 Å². The molecule has 0 atom stereocenters. The van der Waals surface area contributed by atoms with Crippen LogP contribution >= 0.6 is 0 Å². The average molecular weight is 1090 g/mol. The molecule has 5 heteroatoms. The number of para-hydroxylation sites is 1. The molecule has 6 aromatic carbocycles. The standard InChI is InChI=1S/C63H70N3O.Pt/c1-39-29-41(43-31-47(60(5,6)7)36-48(32-43)61(8,9)10)25-26-54(39)66-55-24-20-23-50(56(55)65-58(66)51-37-49(62(11,12)13)38-52(57(51)67)63(14,15)16)44-30-45(34-46(33-44)59(2,3)4)53-35-42(27-28-64-53)40-21-18-17-19-22-40;/h17-29,31-38,67H,1-16H3;/q-1;/i17D,18D,19D,21D,22D,27D,28D,35D;. The summed E-state index contributed by atoms with van der Waals surface area (Å²) in [5.41, 5.74) is 11.0. The van der Waals surface area contributed by atoms with Crippen LogP contribution < -0.4 is 0 Å². The van der Waals surface area contributed by atoms with Gasteiger partial charge in [0.15, 0.2) is 0 Å². The van der Waals surface area contributed by atoms with Gasteiger partial charge in [-0.1, -0.05) is 194 Å². The summed E-state index contributed by atoms with van der Waals surface area (Å²) in [4.78, 5) is 10.0. The minimum absolute atomic E-state index is 0. The van der Waals surface area contributed by atoms with Gasteiger partial charge in [-0.15, -0.1) is 29.3 Å². The summed E-state index contributed by atoms with van der Waals surface area (Å²) in [7, 11) is 0. The molecule has 0 amide bonds. The zero-order valence-electron chi connectivity index (χ0n) is 50.6. The van der Waals surface area contributed by atoms with Crippen LogP contribution in [0.15, 0.2) is 127 Å². The van der Waals surface area contributed by atoms with E-state index in [2.05, 4.69) is 175 Å². The fourth-order valence-electron chi connectivity index (χ4n) is 8.52. The van der Waals surface area contributed by atoms with Gasteiger partial charge in [0.25, 0.3) is 0 Å². The molecule has 0 aliphatic rings. The summed E-state index contributed by atoms with van der Waals surface area (Å²) in [6.07, 6.45) is -0.519. The molecule has 0 saturated carbocycles. The molecule has 0 radical (unpaired) electrons. The molecule has 2 heterocycles. The third-order valence-electron chi connectivity index (χ3n) is 12.8. The molecule has 0 aliphatic heterocycles. The van der Waals surface area contributed by atoms with Crippen molar-refractivity contribution in [2.45, 2.75) is 138 Å². The van der Waals surface area contributed by atoms with Gasteiger partial charge in [0.1, 0.15) is 11.6 Å². The summed E-state index contributed by atoms with van der Waals surface area (Å²) in [6.45, 7) is 34.6. The zero-order valence-corrected chi connectivity index (χ0v) is 44.9. The zero-order chi connectivity index (χ0) is 55.6. The smallest absolute Gasteiger partial charge is 0.148 e. The number of aromatic nitrogens is 3. The topological polar surface area (TPSA) is 50.9 Å². The summed E-state index contributed by atoms with van der Waals surface area (Å²) >= 11 is 0. The molecule has 0 bridgehead atoms. The van der Waals surface area contributed by atoms with Crippen LogP contribution in [0.25, 0.3) is 72.7 Å². The number of fused-ring (bicyclic) bond motifs is 1. The van der Waals surface area contributed by atoms with Crippen LogP contribution in [-0.2, 0) is 48.1 Å². The van der Waals surface area contributed by atoms with Crippen molar-refractivity contribution in [1.29, 1.82) is 0 Å². The van der Waals surface area contributed by atoms with E-state index in [9.17, 15) is 6.48 Å². The number of hydrogen-bond acceptors (Lipinski definition) is 3. The Bertz CT molecular complexity index is 3580. The second kappa shape index (κ2) is 18.1. The summed E-state index contributed by atoms with van der Waals surface area (Å²) in [5, 5.41) is 12.6. The molecular formula is C63H70N3OPt-. The number of imidazole rings is 1. The van der Waals surface area contributed by atoms with Crippen LogP contribution in [0.3, 0.4) is 0 Å². The fourth-order valence-corrected chi connectivity index (χ4v) is 8.52. The molecule has 0 aliphatic carbocycles. The Hall–Kier alpha value is -5.57. The van der Waals surface area contributed by atoms with E-state index in [0.717, 1.165) is 44.6 Å². The number of benzene rings is 6. The second-order valence-corrected chi connectivity index (χ2v) is 23.3. The van der Waals surface area contributed by atoms with E-state index >= 15 is 0 Å². The first-order chi connectivity index (χ1) is 34.5. The van der Waals surface area contributed by atoms with Crippen LogP contribution in [-0.4, -0.2) is 19.6 Å². The summed E-state index contributed by atoms with van der Waals surface area (Å²) in [5.74, 6) is 0.691. The molecule has 354 valence electrons. The van der Waals surface area contributed by atoms with Crippen molar-refractivity contribution >= 4 is 11.0 Å². The van der Waals surface area contributed by atoms with Gasteiger partial charge < -0.3 is 5.11 Å². The SMILES string of the molecule is [2H]c1nc(-c2[c-]c(-c3cccc4c3nc(-c3cc(C(C)(C)C)cc(C(C)(C)C)c3O)n4-c3ccc(-c4cc(C(C)(C)C)cc(C(C)(C)C)c4)cc3C)cc(C(C)(C)C)c2)c([2H])c(-c2c([2H])c([2H])c([2H])c([2H])c2[2H])c1[2H].[Pt]. The van der Waals surface area contributed by atoms with Crippen molar-refractivity contribution in [3.63, 3.8) is 0 Å². The Morgan fingerprint density at radius 3 is 1.74 bits per heavy atom. The van der Waals surface area contributed by atoms with Gasteiger partial charge >= 0.3 is 0 Å². The molecular weight excluding hydrogens is 1010 g/mol. The minimum Gasteiger partial charge on any atom is -0.507 e. The van der Waals surface area contributed by atoms with Crippen molar-refractivity contribution in [3.8, 4) is 67.5 Å². The Morgan fingerprint density at radius 1 is 0.559 bits per heavy atom. The first kappa shape index (κ1) is 40.3. The van der Waals surface area contributed by atoms with Crippen LogP contribution in [0.5, 0.6) is 5.75 Å². The van der Waals surface area contributed by atoms with E-state index < -0.39 is 53.3 Å². The molecule has 2 aromatic heterocycles. The first-order valence-electron chi connectivity index (χ1n) is 27.3. The Balaban J connectivity index is 0.00000840. The van der Waals surface area contributed by atoms with Crippen molar-refractivity contribution in [3.05, 3.63) is 167 Å². The number of nitrogens with zero attached hydrogens (tertiary/aromatic N) is 3. The molecule has 1 N–H and O–H groups in total. The number of aryl methyl sites for hydroxylation is 1. The molecule has 8 aromatic rings. The van der Waals surface area contributed by atoms with Gasteiger partial charge in [-0.05, 0) is 109 Å². The number of aromatic hydroxyl groups is 1. The Morgan fingerprint density at radius 2 is 1.15 bits per heavy atom. The molecule has 68 heavy (non-hydrogen) atoms. The average Bonchev–Trinajstić information content (AvgIpc) is 3.69. The minimum atomic E-state index is -0.607. The van der Waals surface area contributed by atoms with E-state index in [4.69, 9.17) is 14.6 Å². The van der Waals surface area contributed by atoms with Gasteiger partial charge in [0.05, 0.1) is 33.3 Å². The van der Waals surface area contributed by atoms with Gasteiger partial charge in [0.2, 0.25) is 0 Å². The number of phenols is 1. The van der Waals surface area contributed by atoms with Crippen molar-refractivity contribution in [2.75, 3.05) is 0 Å². The molecule has 0 fully saturated rings. The second-order valence-electron chi connectivity index (χ2n) is 23.3. The van der Waals surface area contributed by atoms with E-state index in [-0.39, 0.29) is 65.9 Å². The third-order valence-corrected chi connectivity index (χ3v) is 12.8. The maximum Gasteiger partial charge on any atom is 0.148 e.